The average molecular weight is 980 g/mol. The molecule has 2 unspecified atom stereocenters. The Bertz CT molecular complexity index is 2840. The molecule has 4 aliphatic rings. The molecule has 0 N–H and O–H groups in total. The number of piperazine rings is 1. The van der Waals surface area contributed by atoms with Crippen molar-refractivity contribution in [2.24, 2.45) is 0 Å². The summed E-state index contributed by atoms with van der Waals surface area (Å²) in [5, 5.41) is 4.93. The monoisotopic (exact) mass is 980 g/mol. The minimum atomic E-state index is -2.76. The molecule has 0 spiro atoms. The van der Waals surface area contributed by atoms with Crippen LogP contribution in [0.15, 0.2) is 103 Å². The standard InChI is InChI=1S/C58H70FN5O6Si/c1-9-39-18-16-19-40-32-44(68-38-66-8)33-49(50(39)40)47-26-27-48-52(51(47)59)60-54(61-53(48)62-34-41-24-25-42(35-62)64(41)55(65)70-56(2,3)4)67-37-58-29-17-31-63(58)43(28-30-58)36-69-71(57(5,6)7,45-20-12-10-13-21-45)46-22-14-11-15-23-46/h10-16,18-23,26-27,32-33,41-43H,9,17,24-25,28-31,34-38H2,1-8H3/t41?,42?,43-,58+/m0/s1. The van der Waals surface area contributed by atoms with Crippen LogP contribution in [0.2, 0.25) is 5.04 Å². The smallest absolute Gasteiger partial charge is 0.410 e. The van der Waals surface area contributed by atoms with Crippen molar-refractivity contribution >= 4 is 52.3 Å². The van der Waals surface area contributed by atoms with E-state index in [1.165, 1.54) is 10.4 Å². The zero-order valence-electron chi connectivity index (χ0n) is 42.8. The Hall–Kier alpha value is -5.60. The molecule has 4 atom stereocenters. The van der Waals surface area contributed by atoms with Crippen molar-refractivity contribution in [3.8, 4) is 22.9 Å². The second-order valence-corrected chi connectivity index (χ2v) is 26.5. The first-order valence-corrected chi connectivity index (χ1v) is 27.6. The number of hydrogen-bond acceptors (Lipinski definition) is 10. The summed E-state index contributed by atoms with van der Waals surface area (Å²) in [6.45, 7) is 17.9. The van der Waals surface area contributed by atoms with Crippen molar-refractivity contribution in [3.05, 3.63) is 115 Å². The lowest BCUT2D eigenvalue weighted by molar-refractivity contribution is 0.0122. The lowest BCUT2D eigenvalue weighted by Crippen LogP contribution is -2.67. The third kappa shape index (κ3) is 9.17. The van der Waals surface area contributed by atoms with Gasteiger partial charge in [-0.3, -0.25) is 9.80 Å². The maximum absolute atomic E-state index is 17.9. The van der Waals surface area contributed by atoms with Crippen LogP contribution in [-0.4, -0.2) is 110 Å². The largest absolute Gasteiger partial charge is 0.468 e. The van der Waals surface area contributed by atoms with Gasteiger partial charge in [-0.1, -0.05) is 113 Å². The summed E-state index contributed by atoms with van der Waals surface area (Å²) in [4.78, 5) is 30.5. The van der Waals surface area contributed by atoms with E-state index in [0.29, 0.717) is 48.8 Å². The first kappa shape index (κ1) is 49.0. The van der Waals surface area contributed by atoms with Crippen LogP contribution < -0.4 is 24.7 Å². The molecular formula is C58H70FN5O6Si. The maximum atomic E-state index is 17.9. The highest BCUT2D eigenvalue weighted by molar-refractivity contribution is 6.99. The third-order valence-electron chi connectivity index (χ3n) is 15.6. The molecular weight excluding hydrogens is 910 g/mol. The minimum Gasteiger partial charge on any atom is -0.468 e. The van der Waals surface area contributed by atoms with Gasteiger partial charge in [0.05, 0.1) is 24.2 Å². The summed E-state index contributed by atoms with van der Waals surface area (Å²) >= 11 is 0. The highest BCUT2D eigenvalue weighted by Crippen LogP contribution is 2.46. The summed E-state index contributed by atoms with van der Waals surface area (Å²) in [7, 11) is -1.17. The molecule has 0 radical (unpaired) electrons. The van der Waals surface area contributed by atoms with Crippen molar-refractivity contribution in [3.63, 3.8) is 0 Å². The number of ether oxygens (including phenoxy) is 4. The van der Waals surface area contributed by atoms with Gasteiger partial charge in [-0.25, -0.2) is 9.18 Å². The summed E-state index contributed by atoms with van der Waals surface area (Å²) in [5.41, 5.74) is 1.58. The van der Waals surface area contributed by atoms with Crippen LogP contribution in [0.25, 0.3) is 32.8 Å². The Labute approximate surface area is 419 Å². The van der Waals surface area contributed by atoms with E-state index in [9.17, 15) is 4.79 Å². The van der Waals surface area contributed by atoms with Crippen molar-refractivity contribution in [2.75, 3.05) is 51.7 Å². The van der Waals surface area contributed by atoms with Gasteiger partial charge in [0, 0.05) is 37.2 Å². The fourth-order valence-corrected chi connectivity index (χ4v) is 17.1. The van der Waals surface area contributed by atoms with Crippen molar-refractivity contribution < 1.29 is 32.6 Å². The molecule has 13 heteroatoms. The molecule has 4 saturated heterocycles. The van der Waals surface area contributed by atoms with Crippen LogP contribution in [0.5, 0.6) is 11.8 Å². The molecule has 0 saturated carbocycles. The predicted molar refractivity (Wildman–Crippen MR) is 282 cm³/mol. The molecule has 11 nitrogen and oxygen atoms in total. The number of amides is 1. The van der Waals surface area contributed by atoms with Crippen LogP contribution in [-0.2, 0) is 20.3 Å². The first-order valence-electron chi connectivity index (χ1n) is 25.7. The number of anilines is 1. The van der Waals surface area contributed by atoms with Gasteiger partial charge in [0.1, 0.15) is 29.3 Å². The van der Waals surface area contributed by atoms with Crippen LogP contribution in [0.3, 0.4) is 0 Å². The molecule has 5 aromatic carbocycles. The quantitative estimate of drug-likeness (QED) is 0.0775. The van der Waals surface area contributed by atoms with Gasteiger partial charge in [-0.2, -0.15) is 9.97 Å². The Balaban J connectivity index is 0.999. The number of benzene rings is 5. The number of aromatic nitrogens is 2. The van der Waals surface area contributed by atoms with Gasteiger partial charge in [-0.05, 0) is 128 Å². The second-order valence-electron chi connectivity index (χ2n) is 22.2. The molecule has 5 heterocycles. The number of hydrogen-bond donors (Lipinski definition) is 0. The van der Waals surface area contributed by atoms with Gasteiger partial charge in [0.15, 0.2) is 12.6 Å². The van der Waals surface area contributed by atoms with Gasteiger partial charge in [-0.15, -0.1) is 0 Å². The zero-order chi connectivity index (χ0) is 49.7. The Morgan fingerprint density at radius 1 is 0.817 bits per heavy atom. The van der Waals surface area contributed by atoms with E-state index >= 15 is 4.39 Å². The van der Waals surface area contributed by atoms with Gasteiger partial charge in [0.25, 0.3) is 8.32 Å². The average Bonchev–Trinajstić information content (AvgIpc) is 4.01. The molecule has 374 valence electrons. The van der Waals surface area contributed by atoms with Gasteiger partial charge >= 0.3 is 12.1 Å². The molecule has 6 aromatic rings. The number of nitrogens with zero attached hydrogens (tertiary/aromatic N) is 5. The van der Waals surface area contributed by atoms with E-state index < -0.39 is 19.7 Å². The lowest BCUT2D eigenvalue weighted by atomic mass is 9.92. The SMILES string of the molecule is CCc1cccc2cc(OCOC)cc(-c3ccc4c(N5CC6CCC(C5)N6C(=O)OC(C)(C)C)nc(OC[C@]56CCCN5[C@H](CO[Si](c5ccccc5)(c5ccccc5)C(C)(C)C)CC6)nc4c3F)c12. The highest BCUT2D eigenvalue weighted by Gasteiger charge is 2.54. The van der Waals surface area contributed by atoms with Crippen molar-refractivity contribution in [1.29, 1.82) is 0 Å². The molecule has 2 bridgehead atoms. The summed E-state index contributed by atoms with van der Waals surface area (Å²) in [6.07, 6.45) is 6.13. The molecule has 4 fully saturated rings. The minimum absolute atomic E-state index is 0.0621. The van der Waals surface area contributed by atoms with Crippen molar-refractivity contribution in [2.45, 2.75) is 128 Å². The summed E-state index contributed by atoms with van der Waals surface area (Å²) in [6, 6.07) is 35.7. The summed E-state index contributed by atoms with van der Waals surface area (Å²) in [5.74, 6) is 0.737. The van der Waals surface area contributed by atoms with E-state index in [-0.39, 0.29) is 53.1 Å². The zero-order valence-corrected chi connectivity index (χ0v) is 43.8. The van der Waals surface area contributed by atoms with Crippen LogP contribution >= 0.6 is 0 Å². The normalized spacial score (nSPS) is 21.6. The second kappa shape index (κ2) is 19.4. The summed E-state index contributed by atoms with van der Waals surface area (Å²) < 4.78 is 49.5. The Kier molecular flexibility index (Phi) is 13.4. The molecule has 0 aliphatic carbocycles. The van der Waals surface area contributed by atoms with E-state index in [1.54, 1.807) is 7.11 Å². The fourth-order valence-electron chi connectivity index (χ4n) is 12.5. The Morgan fingerprint density at radius 3 is 2.17 bits per heavy atom. The predicted octanol–water partition coefficient (Wildman–Crippen LogP) is 10.7. The van der Waals surface area contributed by atoms with E-state index in [2.05, 4.69) is 104 Å². The number of fused-ring (bicyclic) bond motifs is 5. The van der Waals surface area contributed by atoms with Crippen LogP contribution in [0.4, 0.5) is 15.0 Å². The van der Waals surface area contributed by atoms with E-state index in [4.69, 9.17) is 33.3 Å². The molecule has 71 heavy (non-hydrogen) atoms. The van der Waals surface area contributed by atoms with Crippen LogP contribution in [0.1, 0.15) is 92.6 Å². The number of carbonyl (C=O) groups excluding carboxylic acids is 1. The molecule has 4 aliphatic heterocycles. The van der Waals surface area contributed by atoms with Gasteiger partial charge < -0.3 is 28.3 Å². The van der Waals surface area contributed by atoms with Crippen LogP contribution in [0, 0.1) is 5.82 Å². The number of methoxy groups -OCH3 is 1. The van der Waals surface area contributed by atoms with Crippen molar-refractivity contribution in [1.82, 2.24) is 19.8 Å². The first-order chi connectivity index (χ1) is 34.1. The topological polar surface area (TPSA) is 98.7 Å². The number of aryl methyl sites for hydroxylation is 1. The molecule has 10 rings (SSSR count). The Morgan fingerprint density at radius 2 is 1.52 bits per heavy atom. The van der Waals surface area contributed by atoms with Gasteiger partial charge in [0.2, 0.25) is 0 Å². The highest BCUT2D eigenvalue weighted by atomic mass is 28.4. The fraction of sp³-hybridized carbons (Fsp3) is 0.466. The molecule has 1 aromatic heterocycles. The lowest BCUT2D eigenvalue weighted by Gasteiger charge is -2.44. The number of carbonyl (C=O) groups is 1. The maximum Gasteiger partial charge on any atom is 0.410 e. The number of rotatable bonds is 14. The van der Waals surface area contributed by atoms with E-state index in [1.807, 2.05) is 62.1 Å². The number of halogens is 1. The third-order valence-corrected chi connectivity index (χ3v) is 20.6. The van der Waals surface area contributed by atoms with E-state index in [0.717, 1.165) is 73.4 Å². The molecule has 1 amide bonds.